The van der Waals surface area contributed by atoms with Gasteiger partial charge in [0.25, 0.3) is 11.5 Å². The fraction of sp³-hybridized carbons (Fsp3) is 0.353. The van der Waals surface area contributed by atoms with E-state index in [1.807, 2.05) is 13.8 Å². The largest absolute Gasteiger partial charge is 0.481 e. The average molecular weight is 316 g/mol. The minimum absolute atomic E-state index is 0.0290. The number of H-pyrrole nitrogens is 1. The summed E-state index contributed by atoms with van der Waals surface area (Å²) in [7, 11) is 0. The summed E-state index contributed by atoms with van der Waals surface area (Å²) in [5, 5.41) is 12.9. The van der Waals surface area contributed by atoms with Crippen molar-refractivity contribution in [1.82, 2.24) is 10.3 Å². The average Bonchev–Trinajstić information content (AvgIpc) is 2.50. The molecule has 1 amide bonds. The number of pyridine rings is 1. The number of amides is 1. The number of rotatable bonds is 6. The number of carboxylic acids is 1. The normalized spacial score (nSPS) is 12.3. The van der Waals surface area contributed by atoms with Gasteiger partial charge in [0.05, 0.1) is 5.92 Å². The number of fused-ring (bicyclic) bond motifs is 1. The predicted octanol–water partition coefficient (Wildman–Crippen LogP) is 2.00. The van der Waals surface area contributed by atoms with Crippen molar-refractivity contribution < 1.29 is 14.7 Å². The van der Waals surface area contributed by atoms with Crippen LogP contribution in [0.1, 0.15) is 30.8 Å². The molecule has 0 fully saturated rings. The molecule has 1 aromatic heterocycles. The molecular weight excluding hydrogens is 296 g/mol. The number of aromatic nitrogens is 1. The summed E-state index contributed by atoms with van der Waals surface area (Å²) in [6.07, 6.45) is 0.476. The van der Waals surface area contributed by atoms with Gasteiger partial charge < -0.3 is 15.4 Å². The molecule has 0 saturated heterocycles. The number of aromatic amines is 1. The minimum atomic E-state index is -0.939. The monoisotopic (exact) mass is 316 g/mol. The zero-order valence-corrected chi connectivity index (χ0v) is 13.1. The molecule has 6 nitrogen and oxygen atoms in total. The molecule has 6 heteroatoms. The lowest BCUT2D eigenvalue weighted by molar-refractivity contribution is -0.142. The number of benzene rings is 1. The number of carbonyl (C=O) groups is 2. The molecule has 1 aromatic carbocycles. The van der Waals surface area contributed by atoms with Crippen molar-refractivity contribution in [3.05, 3.63) is 46.4 Å². The van der Waals surface area contributed by atoms with E-state index in [1.165, 1.54) is 0 Å². The molecule has 0 aliphatic rings. The molecule has 2 rings (SSSR count). The number of carboxylic acid groups (broad SMARTS) is 1. The molecule has 0 radical (unpaired) electrons. The van der Waals surface area contributed by atoms with Crippen LogP contribution in [0.15, 0.2) is 35.1 Å². The van der Waals surface area contributed by atoms with Crippen LogP contribution in [-0.4, -0.2) is 28.5 Å². The smallest absolute Gasteiger partial charge is 0.308 e. The summed E-state index contributed by atoms with van der Waals surface area (Å²) in [4.78, 5) is 37.9. The Kier molecular flexibility index (Phi) is 5.16. The maximum absolute atomic E-state index is 12.2. The zero-order chi connectivity index (χ0) is 17.0. The topological polar surface area (TPSA) is 99.3 Å². The molecule has 3 N–H and O–H groups in total. The van der Waals surface area contributed by atoms with Gasteiger partial charge in [0.15, 0.2) is 0 Å². The summed E-state index contributed by atoms with van der Waals surface area (Å²) in [6.45, 7) is 3.89. The molecule has 0 aliphatic heterocycles. The predicted molar refractivity (Wildman–Crippen MR) is 87.5 cm³/mol. The van der Waals surface area contributed by atoms with E-state index in [0.717, 1.165) is 0 Å². The van der Waals surface area contributed by atoms with Gasteiger partial charge in [0.2, 0.25) is 0 Å². The van der Waals surface area contributed by atoms with Gasteiger partial charge in [-0.05, 0) is 29.9 Å². The van der Waals surface area contributed by atoms with Crippen molar-refractivity contribution in [3.8, 4) is 0 Å². The molecule has 0 spiro atoms. The third-order valence-corrected chi connectivity index (χ3v) is 3.61. The summed E-state index contributed by atoms with van der Waals surface area (Å²) < 4.78 is 0. The Balaban J connectivity index is 2.14. The van der Waals surface area contributed by atoms with E-state index in [-0.39, 0.29) is 23.7 Å². The Bertz CT molecular complexity index is 780. The van der Waals surface area contributed by atoms with Crippen LogP contribution in [0.3, 0.4) is 0 Å². The van der Waals surface area contributed by atoms with Crippen LogP contribution in [-0.2, 0) is 4.79 Å². The van der Waals surface area contributed by atoms with E-state index in [2.05, 4.69) is 10.3 Å². The maximum Gasteiger partial charge on any atom is 0.308 e. The first kappa shape index (κ1) is 16.7. The Labute approximate surface area is 133 Å². The van der Waals surface area contributed by atoms with Gasteiger partial charge in [-0.3, -0.25) is 14.4 Å². The summed E-state index contributed by atoms with van der Waals surface area (Å²) in [5.41, 5.74) is -0.215. The summed E-state index contributed by atoms with van der Waals surface area (Å²) in [6, 6.07) is 8.55. The Morgan fingerprint density at radius 3 is 2.61 bits per heavy atom. The molecule has 2 aromatic rings. The maximum atomic E-state index is 12.2. The SMILES string of the molecule is CC(C)CC(CNC(=O)c1cc2ccccc2c(=O)[nH]1)C(=O)O. The van der Waals surface area contributed by atoms with Crippen LogP contribution in [0, 0.1) is 11.8 Å². The first-order valence-electron chi connectivity index (χ1n) is 7.51. The Hall–Kier alpha value is -2.63. The van der Waals surface area contributed by atoms with Crippen molar-refractivity contribution in [2.45, 2.75) is 20.3 Å². The van der Waals surface area contributed by atoms with Crippen LogP contribution in [0.25, 0.3) is 10.8 Å². The zero-order valence-electron chi connectivity index (χ0n) is 13.1. The van der Waals surface area contributed by atoms with Gasteiger partial charge in [-0.25, -0.2) is 0 Å². The number of hydrogen-bond donors (Lipinski definition) is 3. The number of hydrogen-bond acceptors (Lipinski definition) is 3. The van der Waals surface area contributed by atoms with Gasteiger partial charge in [-0.15, -0.1) is 0 Å². The highest BCUT2D eigenvalue weighted by Crippen LogP contribution is 2.12. The van der Waals surface area contributed by atoms with E-state index in [4.69, 9.17) is 0 Å². The van der Waals surface area contributed by atoms with Crippen molar-refractivity contribution in [2.24, 2.45) is 11.8 Å². The molecule has 1 heterocycles. The van der Waals surface area contributed by atoms with Crippen LogP contribution < -0.4 is 10.9 Å². The Morgan fingerprint density at radius 1 is 1.26 bits per heavy atom. The number of nitrogens with one attached hydrogen (secondary N) is 2. The highest BCUT2D eigenvalue weighted by Gasteiger charge is 2.20. The van der Waals surface area contributed by atoms with Crippen LogP contribution in [0.2, 0.25) is 0 Å². The molecule has 0 saturated carbocycles. The number of aliphatic carboxylic acids is 1. The second-order valence-corrected chi connectivity index (χ2v) is 5.97. The van der Waals surface area contributed by atoms with E-state index in [0.29, 0.717) is 17.2 Å². The van der Waals surface area contributed by atoms with E-state index >= 15 is 0 Å². The third-order valence-electron chi connectivity index (χ3n) is 3.61. The molecule has 0 aliphatic carbocycles. The van der Waals surface area contributed by atoms with Gasteiger partial charge in [0, 0.05) is 11.9 Å². The first-order chi connectivity index (χ1) is 10.9. The number of carbonyl (C=O) groups excluding carboxylic acids is 1. The van der Waals surface area contributed by atoms with Gasteiger partial charge in [-0.1, -0.05) is 32.0 Å². The molecule has 1 atom stereocenters. The van der Waals surface area contributed by atoms with Gasteiger partial charge in [-0.2, -0.15) is 0 Å². The molecular formula is C17H20N2O4. The third kappa shape index (κ3) is 4.18. The molecule has 0 bridgehead atoms. The molecule has 1 unspecified atom stereocenters. The highest BCUT2D eigenvalue weighted by molar-refractivity contribution is 5.96. The quantitative estimate of drug-likeness (QED) is 0.759. The van der Waals surface area contributed by atoms with Crippen LogP contribution >= 0.6 is 0 Å². The molecule has 23 heavy (non-hydrogen) atoms. The van der Waals surface area contributed by atoms with Crippen molar-refractivity contribution in [3.63, 3.8) is 0 Å². The van der Waals surface area contributed by atoms with Crippen molar-refractivity contribution in [2.75, 3.05) is 6.54 Å². The van der Waals surface area contributed by atoms with Crippen molar-refractivity contribution in [1.29, 1.82) is 0 Å². The Morgan fingerprint density at radius 2 is 1.96 bits per heavy atom. The summed E-state index contributed by atoms with van der Waals surface area (Å²) in [5.74, 6) is -1.85. The lowest BCUT2D eigenvalue weighted by Crippen LogP contribution is -2.34. The van der Waals surface area contributed by atoms with Crippen LogP contribution in [0.4, 0.5) is 0 Å². The fourth-order valence-electron chi connectivity index (χ4n) is 2.48. The second kappa shape index (κ2) is 7.09. The lowest BCUT2D eigenvalue weighted by atomic mass is 9.97. The lowest BCUT2D eigenvalue weighted by Gasteiger charge is -2.15. The minimum Gasteiger partial charge on any atom is -0.481 e. The van der Waals surface area contributed by atoms with E-state index in [9.17, 15) is 19.5 Å². The van der Waals surface area contributed by atoms with Crippen molar-refractivity contribution >= 4 is 22.6 Å². The molecule has 122 valence electrons. The van der Waals surface area contributed by atoms with Crippen LogP contribution in [0.5, 0.6) is 0 Å². The van der Waals surface area contributed by atoms with E-state index in [1.54, 1.807) is 30.3 Å². The standard InChI is InChI=1S/C17H20N2O4/c1-10(2)7-12(17(22)23)9-18-16(21)14-8-11-5-3-4-6-13(11)15(20)19-14/h3-6,8,10,12H,7,9H2,1-2H3,(H,18,21)(H,19,20)(H,22,23). The summed E-state index contributed by atoms with van der Waals surface area (Å²) >= 11 is 0. The van der Waals surface area contributed by atoms with Gasteiger partial charge >= 0.3 is 5.97 Å². The second-order valence-electron chi connectivity index (χ2n) is 5.97. The van der Waals surface area contributed by atoms with Gasteiger partial charge in [0.1, 0.15) is 5.69 Å². The first-order valence-corrected chi connectivity index (χ1v) is 7.51. The fourth-order valence-corrected chi connectivity index (χ4v) is 2.48. The van der Waals surface area contributed by atoms with E-state index < -0.39 is 17.8 Å². The highest BCUT2D eigenvalue weighted by atomic mass is 16.4.